The molecule has 3 amide bonds. The molecule has 2 heterocycles. The van der Waals surface area contributed by atoms with E-state index in [2.05, 4.69) is 5.32 Å². The van der Waals surface area contributed by atoms with Crippen molar-refractivity contribution in [3.05, 3.63) is 53.8 Å². The number of benzene rings is 2. The van der Waals surface area contributed by atoms with Crippen LogP contribution in [-0.4, -0.2) is 84.6 Å². The number of nitrogens with zero attached hydrogens (tertiary/aromatic N) is 2. The summed E-state index contributed by atoms with van der Waals surface area (Å²) in [5.41, 5.74) is 0.908. The van der Waals surface area contributed by atoms with E-state index in [1.165, 1.54) is 11.0 Å². The Morgan fingerprint density at radius 1 is 0.957 bits per heavy atom. The predicted molar refractivity (Wildman–Crippen MR) is 171 cm³/mol. The number of nitrogens with one attached hydrogen (secondary N) is 1. The molecule has 2 fully saturated rings. The van der Waals surface area contributed by atoms with Crippen molar-refractivity contribution in [1.82, 2.24) is 15.1 Å². The molecule has 2 saturated heterocycles. The zero-order chi connectivity index (χ0) is 33.4. The lowest BCUT2D eigenvalue weighted by atomic mass is 9.94. The summed E-state index contributed by atoms with van der Waals surface area (Å²) in [4.78, 5) is 40.9. The summed E-state index contributed by atoms with van der Waals surface area (Å²) in [6.07, 6.45) is 0.560. The van der Waals surface area contributed by atoms with Gasteiger partial charge in [-0.05, 0) is 101 Å². The van der Waals surface area contributed by atoms with Gasteiger partial charge in [-0.25, -0.2) is 18.4 Å². The molecule has 2 aliphatic rings. The van der Waals surface area contributed by atoms with Crippen LogP contribution in [0.1, 0.15) is 65.9 Å². The summed E-state index contributed by atoms with van der Waals surface area (Å²) in [5.74, 6) is 0.205. The van der Waals surface area contributed by atoms with Crippen LogP contribution in [0, 0.1) is 11.7 Å². The van der Waals surface area contributed by atoms with Gasteiger partial charge in [-0.2, -0.15) is 0 Å². The van der Waals surface area contributed by atoms with Crippen molar-refractivity contribution < 1.29 is 37.4 Å². The van der Waals surface area contributed by atoms with Crippen molar-refractivity contribution in [3.63, 3.8) is 0 Å². The molecule has 0 aromatic heterocycles. The van der Waals surface area contributed by atoms with Crippen LogP contribution < -0.4 is 10.1 Å². The summed E-state index contributed by atoms with van der Waals surface area (Å²) >= 11 is 0. The van der Waals surface area contributed by atoms with E-state index in [0.29, 0.717) is 36.9 Å². The predicted octanol–water partition coefficient (Wildman–Crippen LogP) is 6.52. The van der Waals surface area contributed by atoms with Crippen LogP contribution in [-0.2, 0) is 20.7 Å². The first-order chi connectivity index (χ1) is 21.8. The first-order valence-corrected chi connectivity index (χ1v) is 16.2. The van der Waals surface area contributed by atoms with E-state index < -0.39 is 35.6 Å². The highest BCUT2D eigenvalue weighted by Gasteiger charge is 2.33. The number of alkyl halides is 1. The molecule has 252 valence electrons. The minimum absolute atomic E-state index is 0.0532. The maximum Gasteiger partial charge on any atom is 0.410 e. The second-order valence-corrected chi connectivity index (χ2v) is 13.4. The smallest absolute Gasteiger partial charge is 0.410 e. The minimum Gasteiger partial charge on any atom is -0.494 e. The van der Waals surface area contributed by atoms with E-state index in [0.717, 1.165) is 24.8 Å². The van der Waals surface area contributed by atoms with Crippen molar-refractivity contribution in [2.45, 2.75) is 90.6 Å². The number of rotatable bonds is 10. The molecule has 4 rings (SSSR count). The lowest BCUT2D eigenvalue weighted by Gasteiger charge is -2.31. The number of piperidine rings is 1. The van der Waals surface area contributed by atoms with Gasteiger partial charge in [-0.15, -0.1) is 0 Å². The third-order valence-electron chi connectivity index (χ3n) is 8.10. The number of carbonyl (C=O) groups excluding carboxylic acids is 3. The first kappa shape index (κ1) is 35.0. The molecule has 9 nitrogen and oxygen atoms in total. The van der Waals surface area contributed by atoms with E-state index in [1.54, 1.807) is 37.8 Å². The second-order valence-electron chi connectivity index (χ2n) is 13.4. The minimum atomic E-state index is -1.12. The standard InChI is InChI=1S/C35H47F2N3O6/c1-23(2)45-34(43)39-16-12-24(13-17-39)15-19-44-29-10-8-25(9-11-29)26-6-7-27(30(37)20-26)21-31(38-33(42)46-35(3,4)5)32(41)40-18-14-28(36)22-40/h6-11,20,23-24,28,31H,12-19,21-22H2,1-5H3,(H,38,42)/t28-,31?/m0/s1. The third-order valence-corrected chi connectivity index (χ3v) is 8.10. The van der Waals surface area contributed by atoms with Crippen LogP contribution in [0.5, 0.6) is 5.75 Å². The first-order valence-electron chi connectivity index (χ1n) is 16.2. The molecule has 0 spiro atoms. The number of ether oxygens (including phenoxy) is 3. The Bertz CT molecular complexity index is 1340. The lowest BCUT2D eigenvalue weighted by molar-refractivity contribution is -0.132. The number of alkyl carbamates (subject to hydrolysis) is 1. The maximum absolute atomic E-state index is 15.4. The molecule has 0 radical (unpaired) electrons. The third kappa shape index (κ3) is 10.3. The van der Waals surface area contributed by atoms with Crippen molar-refractivity contribution in [2.24, 2.45) is 5.92 Å². The Kier molecular flexibility index (Phi) is 11.9. The number of halogens is 2. The highest BCUT2D eigenvalue weighted by atomic mass is 19.1. The summed E-state index contributed by atoms with van der Waals surface area (Å²) in [5, 5.41) is 2.57. The maximum atomic E-state index is 15.4. The van der Waals surface area contributed by atoms with Gasteiger partial charge >= 0.3 is 12.2 Å². The summed E-state index contributed by atoms with van der Waals surface area (Å²) in [6, 6.07) is 11.1. The molecule has 0 saturated carbocycles. The number of amides is 3. The van der Waals surface area contributed by atoms with Crippen molar-refractivity contribution in [1.29, 1.82) is 0 Å². The fraction of sp³-hybridized carbons (Fsp3) is 0.571. The van der Waals surface area contributed by atoms with Gasteiger partial charge in [0.25, 0.3) is 0 Å². The topological polar surface area (TPSA) is 97.4 Å². The van der Waals surface area contributed by atoms with E-state index in [1.807, 2.05) is 38.1 Å². The molecule has 1 unspecified atom stereocenters. The average Bonchev–Trinajstić information content (AvgIpc) is 3.43. The Morgan fingerprint density at radius 2 is 1.61 bits per heavy atom. The number of hydrogen-bond donors (Lipinski definition) is 1. The van der Waals surface area contributed by atoms with Crippen molar-refractivity contribution in [2.75, 3.05) is 32.8 Å². The lowest BCUT2D eigenvalue weighted by Crippen LogP contribution is -2.50. The van der Waals surface area contributed by atoms with Gasteiger partial charge in [0, 0.05) is 26.1 Å². The molecular weight excluding hydrogens is 596 g/mol. The number of hydrogen-bond acceptors (Lipinski definition) is 6. The fourth-order valence-electron chi connectivity index (χ4n) is 5.67. The normalized spacial score (nSPS) is 18.0. The van der Waals surface area contributed by atoms with E-state index in [4.69, 9.17) is 14.2 Å². The van der Waals surface area contributed by atoms with E-state index in [-0.39, 0.29) is 43.7 Å². The van der Waals surface area contributed by atoms with E-state index in [9.17, 15) is 18.8 Å². The summed E-state index contributed by atoms with van der Waals surface area (Å²) in [6.45, 7) is 10.9. The molecule has 46 heavy (non-hydrogen) atoms. The average molecular weight is 644 g/mol. The van der Waals surface area contributed by atoms with Gasteiger partial charge in [-0.1, -0.05) is 24.3 Å². The molecule has 2 aromatic carbocycles. The quantitative estimate of drug-likeness (QED) is 0.317. The summed E-state index contributed by atoms with van der Waals surface area (Å²) < 4.78 is 45.8. The van der Waals surface area contributed by atoms with Crippen LogP contribution in [0.2, 0.25) is 0 Å². The highest BCUT2D eigenvalue weighted by Crippen LogP contribution is 2.27. The van der Waals surface area contributed by atoms with Crippen LogP contribution in [0.25, 0.3) is 11.1 Å². The Labute approximate surface area is 270 Å². The SMILES string of the molecule is CC(C)OC(=O)N1CCC(CCOc2ccc(-c3ccc(CC(NC(=O)OC(C)(C)C)C(=O)N4CC[C@H](F)C4)c(F)c3)cc2)CC1. The zero-order valence-electron chi connectivity index (χ0n) is 27.5. The molecule has 2 aliphatic heterocycles. The van der Waals surface area contributed by atoms with Gasteiger partial charge in [0.05, 0.1) is 19.3 Å². The molecule has 2 aromatic rings. The molecule has 0 aliphatic carbocycles. The summed E-state index contributed by atoms with van der Waals surface area (Å²) in [7, 11) is 0. The molecule has 11 heteroatoms. The van der Waals surface area contributed by atoms with Crippen LogP contribution in [0.15, 0.2) is 42.5 Å². The van der Waals surface area contributed by atoms with Gasteiger partial charge in [-0.3, -0.25) is 4.79 Å². The number of likely N-dealkylation sites (tertiary alicyclic amines) is 2. The zero-order valence-corrected chi connectivity index (χ0v) is 27.5. The van der Waals surface area contributed by atoms with Crippen molar-refractivity contribution in [3.8, 4) is 16.9 Å². The van der Waals surface area contributed by atoms with Crippen molar-refractivity contribution >= 4 is 18.1 Å². The number of carbonyl (C=O) groups is 3. The van der Waals surface area contributed by atoms with Crippen LogP contribution in [0.3, 0.4) is 0 Å². The van der Waals surface area contributed by atoms with Gasteiger partial charge in [0.15, 0.2) is 0 Å². The monoisotopic (exact) mass is 643 g/mol. The largest absolute Gasteiger partial charge is 0.494 e. The molecule has 2 atom stereocenters. The second kappa shape index (κ2) is 15.6. The van der Waals surface area contributed by atoms with Gasteiger partial charge in [0.2, 0.25) is 5.91 Å². The Hall–Kier alpha value is -3.89. The molecule has 1 N–H and O–H groups in total. The highest BCUT2D eigenvalue weighted by molar-refractivity contribution is 5.86. The van der Waals surface area contributed by atoms with Crippen LogP contribution in [0.4, 0.5) is 18.4 Å². The fourth-order valence-corrected chi connectivity index (χ4v) is 5.67. The van der Waals surface area contributed by atoms with E-state index >= 15 is 4.39 Å². The molecular formula is C35H47F2N3O6. The Balaban J connectivity index is 1.31. The van der Waals surface area contributed by atoms with Gasteiger partial charge < -0.3 is 29.3 Å². The molecule has 0 bridgehead atoms. The van der Waals surface area contributed by atoms with Gasteiger partial charge in [0.1, 0.15) is 29.4 Å². The Morgan fingerprint density at radius 3 is 2.20 bits per heavy atom. The van der Waals surface area contributed by atoms with Crippen LogP contribution >= 0.6 is 0 Å².